The summed E-state index contributed by atoms with van der Waals surface area (Å²) in [6.07, 6.45) is 9.04. The lowest BCUT2D eigenvalue weighted by molar-refractivity contribution is -0.145. The highest BCUT2D eigenvalue weighted by Crippen LogP contribution is 2.08. The van der Waals surface area contributed by atoms with E-state index in [4.69, 9.17) is 14.2 Å². The summed E-state index contributed by atoms with van der Waals surface area (Å²) in [6, 6.07) is 0. The molecule has 0 saturated heterocycles. The van der Waals surface area contributed by atoms with E-state index >= 15 is 0 Å². The summed E-state index contributed by atoms with van der Waals surface area (Å²) >= 11 is 2.27. The van der Waals surface area contributed by atoms with Crippen molar-refractivity contribution in [2.24, 2.45) is 0 Å². The van der Waals surface area contributed by atoms with Crippen LogP contribution in [0.15, 0.2) is 0 Å². The Morgan fingerprint density at radius 3 is 2.05 bits per heavy atom. The highest BCUT2D eigenvalue weighted by atomic mass is 127. The summed E-state index contributed by atoms with van der Waals surface area (Å²) in [5, 5.41) is 0. The number of alkyl halides is 1. The zero-order valence-corrected chi connectivity index (χ0v) is 15.6. The van der Waals surface area contributed by atoms with Crippen molar-refractivity contribution in [1.82, 2.24) is 0 Å². The molecule has 0 aromatic carbocycles. The predicted octanol–water partition coefficient (Wildman–Crippen LogP) is 4.14. The lowest BCUT2D eigenvalue weighted by Crippen LogP contribution is -2.13. The van der Waals surface area contributed by atoms with E-state index in [2.05, 4.69) is 29.5 Å². The van der Waals surface area contributed by atoms with Crippen molar-refractivity contribution in [3.8, 4) is 0 Å². The maximum Gasteiger partial charge on any atom is 0.305 e. The van der Waals surface area contributed by atoms with Gasteiger partial charge in [-0.25, -0.2) is 0 Å². The van der Waals surface area contributed by atoms with Crippen molar-refractivity contribution in [2.75, 3.05) is 37.5 Å². The van der Waals surface area contributed by atoms with Gasteiger partial charge in [0.15, 0.2) is 0 Å². The second kappa shape index (κ2) is 18.2. The van der Waals surface area contributed by atoms with Crippen LogP contribution in [0.1, 0.15) is 58.3 Å². The van der Waals surface area contributed by atoms with Gasteiger partial charge in [-0.2, -0.15) is 0 Å². The molecule has 0 rings (SSSR count). The van der Waals surface area contributed by atoms with E-state index in [1.807, 2.05) is 0 Å². The van der Waals surface area contributed by atoms with Gasteiger partial charge in [0.05, 0.1) is 26.4 Å². The molecule has 0 bridgehead atoms. The Hall–Kier alpha value is 0.120. The fourth-order valence-corrected chi connectivity index (χ4v) is 2.20. The minimum absolute atomic E-state index is 0.103. The van der Waals surface area contributed by atoms with Gasteiger partial charge in [-0.15, -0.1) is 0 Å². The number of unbranched alkanes of at least 4 members (excludes halogenated alkanes) is 6. The maximum absolute atomic E-state index is 11.4. The zero-order valence-electron chi connectivity index (χ0n) is 13.4. The van der Waals surface area contributed by atoms with Crippen LogP contribution in [-0.2, 0) is 19.0 Å². The summed E-state index contributed by atoms with van der Waals surface area (Å²) in [6.45, 7) is 4.95. The number of hydrogen-bond acceptors (Lipinski definition) is 4. The summed E-state index contributed by atoms with van der Waals surface area (Å²) in [5.41, 5.74) is 0. The number of carbonyl (C=O) groups excluding carboxylic acids is 1. The second-order valence-electron chi connectivity index (χ2n) is 5.01. The fourth-order valence-electron chi connectivity index (χ4n) is 1.89. The molecule has 0 aromatic rings. The second-order valence-corrected chi connectivity index (χ2v) is 6.08. The highest BCUT2D eigenvalue weighted by molar-refractivity contribution is 14.1. The average Bonchev–Trinajstić information content (AvgIpc) is 2.49. The molecule has 0 fully saturated rings. The van der Waals surface area contributed by atoms with Gasteiger partial charge in [0.1, 0.15) is 6.61 Å². The number of carbonyl (C=O) groups is 1. The van der Waals surface area contributed by atoms with Crippen molar-refractivity contribution in [1.29, 1.82) is 0 Å². The molecule has 0 unspecified atom stereocenters. The molecule has 0 aliphatic heterocycles. The fraction of sp³-hybridized carbons (Fsp3) is 0.938. The summed E-state index contributed by atoms with van der Waals surface area (Å²) in [7, 11) is 0. The summed E-state index contributed by atoms with van der Waals surface area (Å²) in [4.78, 5) is 11.4. The molecule has 0 aromatic heterocycles. The van der Waals surface area contributed by atoms with E-state index in [1.165, 1.54) is 32.1 Å². The van der Waals surface area contributed by atoms with Crippen LogP contribution in [0.25, 0.3) is 0 Å². The molecule has 0 radical (unpaired) electrons. The zero-order chi connectivity index (χ0) is 15.6. The first-order valence-electron chi connectivity index (χ1n) is 8.18. The van der Waals surface area contributed by atoms with Crippen LogP contribution >= 0.6 is 22.6 Å². The Morgan fingerprint density at radius 1 is 0.810 bits per heavy atom. The number of rotatable bonds is 16. The molecule has 0 spiro atoms. The molecule has 4 nitrogen and oxygen atoms in total. The molecule has 21 heavy (non-hydrogen) atoms. The molecule has 0 aliphatic rings. The van der Waals surface area contributed by atoms with Crippen molar-refractivity contribution in [3.05, 3.63) is 0 Å². The smallest absolute Gasteiger partial charge is 0.305 e. The Morgan fingerprint density at radius 2 is 1.38 bits per heavy atom. The molecular formula is C16H31IO4. The third-order valence-corrected chi connectivity index (χ3v) is 3.51. The van der Waals surface area contributed by atoms with Crippen LogP contribution in [-0.4, -0.2) is 43.4 Å². The third kappa shape index (κ3) is 18.1. The molecule has 0 saturated carbocycles. The van der Waals surface area contributed by atoms with Gasteiger partial charge < -0.3 is 14.2 Å². The first kappa shape index (κ1) is 21.1. The molecule has 0 heterocycles. The maximum atomic E-state index is 11.4. The topological polar surface area (TPSA) is 44.8 Å². The molecule has 0 N–H and O–H groups in total. The number of hydrogen-bond donors (Lipinski definition) is 0. The van der Waals surface area contributed by atoms with Crippen LogP contribution in [0.3, 0.4) is 0 Å². The molecule has 0 amide bonds. The Balaban J connectivity index is 3.13. The first-order chi connectivity index (χ1) is 10.3. The standard InChI is InChI=1S/C16H31IO4/c1-2-3-4-5-6-7-8-9-16(18)21-15-14-20-13-12-19-11-10-17/h2-15H2,1H3. The SMILES string of the molecule is CCCCCCCCCC(=O)OCCOCCOCCI. The molecule has 126 valence electrons. The van der Waals surface area contributed by atoms with Crippen molar-refractivity contribution in [2.45, 2.75) is 58.3 Å². The summed E-state index contributed by atoms with van der Waals surface area (Å²) in [5.74, 6) is -0.103. The van der Waals surface area contributed by atoms with Gasteiger partial charge in [0, 0.05) is 10.8 Å². The molecule has 5 heteroatoms. The molecule has 0 atom stereocenters. The largest absolute Gasteiger partial charge is 0.463 e. The van der Waals surface area contributed by atoms with Gasteiger partial charge in [-0.05, 0) is 6.42 Å². The van der Waals surface area contributed by atoms with Gasteiger partial charge in [-0.3, -0.25) is 4.79 Å². The number of esters is 1. The summed E-state index contributed by atoms with van der Waals surface area (Å²) < 4.78 is 16.7. The Kier molecular flexibility index (Phi) is 18.3. The van der Waals surface area contributed by atoms with Crippen LogP contribution in [0.2, 0.25) is 0 Å². The van der Waals surface area contributed by atoms with Crippen LogP contribution in [0.5, 0.6) is 0 Å². The van der Waals surface area contributed by atoms with E-state index in [0.29, 0.717) is 32.8 Å². The monoisotopic (exact) mass is 414 g/mol. The van der Waals surface area contributed by atoms with Gasteiger partial charge >= 0.3 is 5.97 Å². The van der Waals surface area contributed by atoms with Gasteiger partial charge in [0.25, 0.3) is 0 Å². The minimum Gasteiger partial charge on any atom is -0.463 e. The van der Waals surface area contributed by atoms with E-state index < -0.39 is 0 Å². The average molecular weight is 414 g/mol. The van der Waals surface area contributed by atoms with Crippen molar-refractivity contribution in [3.63, 3.8) is 0 Å². The van der Waals surface area contributed by atoms with Crippen LogP contribution in [0, 0.1) is 0 Å². The van der Waals surface area contributed by atoms with E-state index in [0.717, 1.165) is 23.9 Å². The normalized spacial score (nSPS) is 10.8. The first-order valence-corrected chi connectivity index (χ1v) is 9.71. The number of ether oxygens (including phenoxy) is 3. The van der Waals surface area contributed by atoms with E-state index in [9.17, 15) is 4.79 Å². The molecule has 0 aliphatic carbocycles. The van der Waals surface area contributed by atoms with E-state index in [1.54, 1.807) is 0 Å². The van der Waals surface area contributed by atoms with Crippen LogP contribution in [0.4, 0.5) is 0 Å². The lowest BCUT2D eigenvalue weighted by Gasteiger charge is -2.06. The number of halogens is 1. The van der Waals surface area contributed by atoms with Gasteiger partial charge in [-0.1, -0.05) is 68.0 Å². The third-order valence-electron chi connectivity index (χ3n) is 3.07. The quantitative estimate of drug-likeness (QED) is 0.165. The van der Waals surface area contributed by atoms with Crippen LogP contribution < -0.4 is 0 Å². The van der Waals surface area contributed by atoms with Crippen molar-refractivity contribution < 1.29 is 19.0 Å². The Bertz CT molecular complexity index is 224. The minimum atomic E-state index is -0.103. The molecular weight excluding hydrogens is 383 g/mol. The Labute approximate surface area is 143 Å². The lowest BCUT2D eigenvalue weighted by atomic mass is 10.1. The van der Waals surface area contributed by atoms with Crippen molar-refractivity contribution >= 4 is 28.6 Å². The highest BCUT2D eigenvalue weighted by Gasteiger charge is 2.02. The predicted molar refractivity (Wildman–Crippen MR) is 94.1 cm³/mol. The van der Waals surface area contributed by atoms with Gasteiger partial charge in [0.2, 0.25) is 0 Å². The van der Waals surface area contributed by atoms with E-state index in [-0.39, 0.29) is 5.97 Å².